The highest BCUT2D eigenvalue weighted by Gasteiger charge is 2.18. The highest BCUT2D eigenvalue weighted by Crippen LogP contribution is 2.37. The first kappa shape index (κ1) is 12.5. The van der Waals surface area contributed by atoms with Crippen molar-refractivity contribution in [2.75, 3.05) is 6.79 Å². The van der Waals surface area contributed by atoms with Crippen molar-refractivity contribution in [1.29, 1.82) is 0 Å². The molecule has 0 radical (unpaired) electrons. The van der Waals surface area contributed by atoms with Gasteiger partial charge in [0.05, 0.1) is 5.56 Å². The number of carbonyl (C=O) groups is 1. The molecule has 0 unspecified atom stereocenters. The molecule has 4 nitrogen and oxygen atoms in total. The molecule has 0 aromatic heterocycles. The summed E-state index contributed by atoms with van der Waals surface area (Å²) >= 11 is 0. The Hall–Kier alpha value is -2.49. The molecule has 0 saturated carbocycles. The smallest absolute Gasteiger partial charge is 0.231 e. The number of benzene rings is 2. The van der Waals surface area contributed by atoms with E-state index in [1.807, 2.05) is 31.2 Å². The van der Waals surface area contributed by atoms with Crippen molar-refractivity contribution in [3.8, 4) is 17.2 Å². The third-order valence-electron chi connectivity index (χ3n) is 3.28. The van der Waals surface area contributed by atoms with Crippen LogP contribution >= 0.6 is 0 Å². The highest BCUT2D eigenvalue weighted by atomic mass is 16.7. The van der Waals surface area contributed by atoms with Gasteiger partial charge < -0.3 is 14.2 Å². The fourth-order valence-electron chi connectivity index (χ4n) is 2.08. The first-order chi connectivity index (χ1) is 9.78. The van der Waals surface area contributed by atoms with Crippen molar-refractivity contribution >= 4 is 6.29 Å². The summed E-state index contributed by atoms with van der Waals surface area (Å²) in [6.45, 7) is 2.61. The van der Waals surface area contributed by atoms with Gasteiger partial charge in [-0.2, -0.15) is 0 Å². The summed E-state index contributed by atoms with van der Waals surface area (Å²) in [5.41, 5.74) is 2.70. The minimum absolute atomic E-state index is 0.175. The number of ether oxygens (including phenoxy) is 3. The van der Waals surface area contributed by atoms with Crippen LogP contribution in [0.25, 0.3) is 0 Å². The molecular weight excluding hydrogens is 256 g/mol. The Morgan fingerprint density at radius 3 is 2.70 bits per heavy atom. The van der Waals surface area contributed by atoms with E-state index in [4.69, 9.17) is 14.2 Å². The minimum Gasteiger partial charge on any atom is -0.488 e. The Morgan fingerprint density at radius 1 is 1.20 bits per heavy atom. The molecule has 1 heterocycles. The Labute approximate surface area is 116 Å². The van der Waals surface area contributed by atoms with Crippen LogP contribution in [0.5, 0.6) is 17.2 Å². The molecule has 0 bridgehead atoms. The molecule has 2 aromatic carbocycles. The normalized spacial score (nSPS) is 12.2. The molecule has 20 heavy (non-hydrogen) atoms. The maximum absolute atomic E-state index is 11.1. The van der Waals surface area contributed by atoms with Crippen LogP contribution in [0, 0.1) is 6.92 Å². The Balaban J connectivity index is 1.84. The van der Waals surface area contributed by atoms with E-state index in [-0.39, 0.29) is 6.79 Å². The van der Waals surface area contributed by atoms with E-state index in [0.717, 1.165) is 17.4 Å². The molecule has 3 rings (SSSR count). The van der Waals surface area contributed by atoms with E-state index >= 15 is 0 Å². The lowest BCUT2D eigenvalue weighted by atomic mass is 10.1. The lowest BCUT2D eigenvalue weighted by Gasteiger charge is -2.11. The number of rotatable bonds is 4. The van der Waals surface area contributed by atoms with Gasteiger partial charge in [-0.05, 0) is 24.1 Å². The van der Waals surface area contributed by atoms with Gasteiger partial charge in [-0.15, -0.1) is 0 Å². The van der Waals surface area contributed by atoms with E-state index in [1.54, 1.807) is 12.1 Å². The summed E-state index contributed by atoms with van der Waals surface area (Å²) in [5.74, 6) is 1.69. The maximum Gasteiger partial charge on any atom is 0.231 e. The SMILES string of the molecule is Cc1ccccc1COc1cc2c(cc1C=O)OCO2. The van der Waals surface area contributed by atoms with Crippen LogP contribution in [0.15, 0.2) is 36.4 Å². The first-order valence-corrected chi connectivity index (χ1v) is 6.34. The van der Waals surface area contributed by atoms with Gasteiger partial charge in [-0.3, -0.25) is 4.79 Å². The number of hydrogen-bond donors (Lipinski definition) is 0. The molecule has 0 fully saturated rings. The second-order valence-corrected chi connectivity index (χ2v) is 4.58. The van der Waals surface area contributed by atoms with Crippen LogP contribution in [0.1, 0.15) is 21.5 Å². The number of aryl methyl sites for hydroxylation is 1. The summed E-state index contributed by atoms with van der Waals surface area (Å²) in [7, 11) is 0. The van der Waals surface area contributed by atoms with Crippen LogP contribution in [-0.2, 0) is 6.61 Å². The molecule has 0 saturated heterocycles. The van der Waals surface area contributed by atoms with Gasteiger partial charge in [0.1, 0.15) is 12.4 Å². The highest BCUT2D eigenvalue weighted by molar-refractivity contribution is 5.81. The molecule has 0 spiro atoms. The zero-order valence-corrected chi connectivity index (χ0v) is 11.1. The molecule has 4 heteroatoms. The van der Waals surface area contributed by atoms with Crippen LogP contribution in [0.4, 0.5) is 0 Å². The van der Waals surface area contributed by atoms with E-state index < -0.39 is 0 Å². The van der Waals surface area contributed by atoms with E-state index in [9.17, 15) is 4.79 Å². The molecule has 0 aliphatic carbocycles. The summed E-state index contributed by atoms with van der Waals surface area (Å²) in [5, 5.41) is 0. The van der Waals surface area contributed by atoms with Crippen LogP contribution < -0.4 is 14.2 Å². The Morgan fingerprint density at radius 2 is 1.95 bits per heavy atom. The van der Waals surface area contributed by atoms with Crippen LogP contribution in [-0.4, -0.2) is 13.1 Å². The van der Waals surface area contributed by atoms with Crippen molar-refractivity contribution in [2.24, 2.45) is 0 Å². The average Bonchev–Trinajstić information content (AvgIpc) is 2.92. The van der Waals surface area contributed by atoms with Crippen molar-refractivity contribution < 1.29 is 19.0 Å². The predicted molar refractivity (Wildman–Crippen MR) is 73.5 cm³/mol. The summed E-state index contributed by atoms with van der Waals surface area (Å²) in [6.07, 6.45) is 0.759. The molecule has 102 valence electrons. The fraction of sp³-hybridized carbons (Fsp3) is 0.188. The number of carbonyl (C=O) groups excluding carboxylic acids is 1. The summed E-state index contributed by atoms with van der Waals surface area (Å²) in [6, 6.07) is 11.3. The van der Waals surface area contributed by atoms with Crippen LogP contribution in [0.3, 0.4) is 0 Å². The number of fused-ring (bicyclic) bond motifs is 1. The standard InChI is InChI=1S/C16H14O4/c1-11-4-2-3-5-12(11)9-18-14-7-16-15(19-10-20-16)6-13(14)8-17/h2-8H,9-10H2,1H3. The van der Waals surface area contributed by atoms with Gasteiger partial charge in [0.25, 0.3) is 0 Å². The first-order valence-electron chi connectivity index (χ1n) is 6.34. The van der Waals surface area contributed by atoms with Gasteiger partial charge in [0, 0.05) is 6.07 Å². The predicted octanol–water partition coefficient (Wildman–Crippen LogP) is 3.12. The van der Waals surface area contributed by atoms with E-state index in [2.05, 4.69) is 0 Å². The van der Waals surface area contributed by atoms with Crippen molar-refractivity contribution in [3.63, 3.8) is 0 Å². The second kappa shape index (κ2) is 5.25. The van der Waals surface area contributed by atoms with Crippen molar-refractivity contribution in [2.45, 2.75) is 13.5 Å². The maximum atomic E-state index is 11.1. The lowest BCUT2D eigenvalue weighted by molar-refractivity contribution is 0.111. The van der Waals surface area contributed by atoms with Gasteiger partial charge in [0.2, 0.25) is 6.79 Å². The fourth-order valence-corrected chi connectivity index (χ4v) is 2.08. The molecule has 2 aromatic rings. The van der Waals surface area contributed by atoms with Gasteiger partial charge in [0.15, 0.2) is 17.8 Å². The number of hydrogen-bond acceptors (Lipinski definition) is 4. The average molecular weight is 270 g/mol. The largest absolute Gasteiger partial charge is 0.488 e. The lowest BCUT2D eigenvalue weighted by Crippen LogP contribution is -2.00. The third-order valence-corrected chi connectivity index (χ3v) is 3.28. The van der Waals surface area contributed by atoms with Crippen molar-refractivity contribution in [1.82, 2.24) is 0 Å². The molecular formula is C16H14O4. The van der Waals surface area contributed by atoms with Gasteiger partial charge in [-0.25, -0.2) is 0 Å². The number of aldehydes is 1. The van der Waals surface area contributed by atoms with Crippen molar-refractivity contribution in [3.05, 3.63) is 53.1 Å². The van der Waals surface area contributed by atoms with Gasteiger partial charge in [-0.1, -0.05) is 24.3 Å². The van der Waals surface area contributed by atoms with E-state index in [0.29, 0.717) is 29.4 Å². The van der Waals surface area contributed by atoms with Gasteiger partial charge >= 0.3 is 0 Å². The molecule has 0 N–H and O–H groups in total. The zero-order valence-electron chi connectivity index (χ0n) is 11.1. The van der Waals surface area contributed by atoms with Crippen LogP contribution in [0.2, 0.25) is 0 Å². The Kier molecular flexibility index (Phi) is 3.29. The monoisotopic (exact) mass is 270 g/mol. The topological polar surface area (TPSA) is 44.8 Å². The molecule has 0 atom stereocenters. The quantitative estimate of drug-likeness (QED) is 0.801. The Bertz CT molecular complexity index is 649. The molecule has 0 amide bonds. The molecule has 1 aliphatic heterocycles. The van der Waals surface area contributed by atoms with E-state index in [1.165, 1.54) is 0 Å². The third kappa shape index (κ3) is 2.32. The minimum atomic E-state index is 0.175. The second-order valence-electron chi connectivity index (χ2n) is 4.58. The zero-order chi connectivity index (χ0) is 13.9. The molecule has 1 aliphatic rings. The summed E-state index contributed by atoms with van der Waals surface area (Å²) in [4.78, 5) is 11.1. The summed E-state index contributed by atoms with van der Waals surface area (Å²) < 4.78 is 16.3.